The summed E-state index contributed by atoms with van der Waals surface area (Å²) in [5, 5.41) is 20.8. The molecule has 33 heavy (non-hydrogen) atoms. The minimum absolute atomic E-state index is 0.0438. The van der Waals surface area contributed by atoms with E-state index >= 15 is 0 Å². The van der Waals surface area contributed by atoms with Crippen LogP contribution in [0.4, 0.5) is 13.2 Å². The van der Waals surface area contributed by atoms with Crippen molar-refractivity contribution in [1.82, 2.24) is 4.90 Å². The Morgan fingerprint density at radius 1 is 1.06 bits per heavy atom. The van der Waals surface area contributed by atoms with Crippen molar-refractivity contribution in [3.63, 3.8) is 0 Å². The minimum atomic E-state index is -4.56. The molecule has 2 aromatic carbocycles. The maximum atomic E-state index is 13.1. The number of methoxy groups -OCH3 is 1. The molecule has 0 radical (unpaired) electrons. The zero-order valence-electron chi connectivity index (χ0n) is 19.7. The van der Waals surface area contributed by atoms with Crippen LogP contribution in [-0.4, -0.2) is 53.7 Å². The Balaban J connectivity index is 0.00000149. The van der Waals surface area contributed by atoms with Gasteiger partial charge in [-0.2, -0.15) is 13.2 Å². The number of nitrogens with zero attached hydrogens (tertiary/aromatic N) is 1. The molecule has 2 fully saturated rings. The molecule has 0 spiro atoms. The van der Waals surface area contributed by atoms with Gasteiger partial charge in [0.05, 0.1) is 7.11 Å². The normalized spacial score (nSPS) is 26.4. The molecule has 1 unspecified atom stereocenters. The molecule has 0 aromatic heterocycles. The van der Waals surface area contributed by atoms with Crippen LogP contribution in [0, 0.1) is 11.3 Å². The molecule has 2 aliphatic rings. The van der Waals surface area contributed by atoms with Crippen molar-refractivity contribution in [3.8, 4) is 5.75 Å². The van der Waals surface area contributed by atoms with E-state index in [9.17, 15) is 18.3 Å². The van der Waals surface area contributed by atoms with Crippen LogP contribution in [0.5, 0.6) is 5.75 Å². The number of aliphatic hydroxyl groups is 1. The van der Waals surface area contributed by atoms with E-state index in [2.05, 4.69) is 4.90 Å². The standard InChI is InChI=1S/C24H29F3N2O2.C2H6/c1-31-21-7-6-16-13-18(5-4-17(16)14-21)22(28)19-3-2-12-29(15-19)20-8-10-23(30,11-9-20)24(25,26)27;1-2/h4-7,13-14,19-20,28,30H,2-3,8-12,15H2,1H3;1-2H3. The summed E-state index contributed by atoms with van der Waals surface area (Å²) in [6.45, 7) is 5.53. The van der Waals surface area contributed by atoms with Crippen LogP contribution in [0.1, 0.15) is 57.9 Å². The summed E-state index contributed by atoms with van der Waals surface area (Å²) in [5.74, 6) is 0.857. The molecule has 0 amide bonds. The molecular weight excluding hydrogens is 429 g/mol. The fraction of sp³-hybridized carbons (Fsp3) is 0.577. The maximum Gasteiger partial charge on any atom is 0.417 e. The minimum Gasteiger partial charge on any atom is -0.497 e. The van der Waals surface area contributed by atoms with Gasteiger partial charge in [0.1, 0.15) is 5.75 Å². The number of piperidine rings is 1. The van der Waals surface area contributed by atoms with Crippen LogP contribution < -0.4 is 4.74 Å². The van der Waals surface area contributed by atoms with Crippen molar-refractivity contribution >= 4 is 16.5 Å². The Labute approximate surface area is 194 Å². The molecular formula is C26H35F3N2O2. The van der Waals surface area contributed by atoms with Gasteiger partial charge in [-0.05, 0) is 79.6 Å². The van der Waals surface area contributed by atoms with Crippen molar-refractivity contribution in [2.75, 3.05) is 20.2 Å². The Morgan fingerprint density at radius 3 is 2.33 bits per heavy atom. The fourth-order valence-electron chi connectivity index (χ4n) is 5.06. The Kier molecular flexibility index (Phi) is 8.06. The molecule has 7 heteroatoms. The number of hydrogen-bond donors (Lipinski definition) is 2. The summed E-state index contributed by atoms with van der Waals surface area (Å²) in [6.07, 6.45) is -2.53. The topological polar surface area (TPSA) is 56.5 Å². The first-order valence-corrected chi connectivity index (χ1v) is 11.9. The van der Waals surface area contributed by atoms with Crippen LogP contribution in [-0.2, 0) is 0 Å². The molecule has 1 atom stereocenters. The highest BCUT2D eigenvalue weighted by Gasteiger charge is 2.55. The monoisotopic (exact) mass is 464 g/mol. The molecule has 4 nitrogen and oxygen atoms in total. The number of likely N-dealkylation sites (tertiary alicyclic amines) is 1. The number of ether oxygens (including phenoxy) is 1. The van der Waals surface area contributed by atoms with Crippen LogP contribution in [0.25, 0.3) is 10.8 Å². The molecule has 0 bridgehead atoms. The summed E-state index contributed by atoms with van der Waals surface area (Å²) in [7, 11) is 1.63. The van der Waals surface area contributed by atoms with E-state index in [-0.39, 0.29) is 24.8 Å². The Hall–Kier alpha value is -2.12. The lowest BCUT2D eigenvalue weighted by molar-refractivity contribution is -0.272. The highest BCUT2D eigenvalue weighted by molar-refractivity contribution is 6.03. The van der Waals surface area contributed by atoms with E-state index < -0.39 is 11.8 Å². The predicted molar refractivity (Wildman–Crippen MR) is 126 cm³/mol. The lowest BCUT2D eigenvalue weighted by Gasteiger charge is -2.44. The van der Waals surface area contributed by atoms with Crippen LogP contribution >= 0.6 is 0 Å². The molecule has 4 rings (SSSR count). The quantitative estimate of drug-likeness (QED) is 0.531. The third-order valence-corrected chi connectivity index (χ3v) is 7.05. The van der Waals surface area contributed by atoms with Gasteiger partial charge >= 0.3 is 6.18 Å². The van der Waals surface area contributed by atoms with Crippen molar-refractivity contribution in [2.45, 2.75) is 70.2 Å². The summed E-state index contributed by atoms with van der Waals surface area (Å²) in [4.78, 5) is 2.24. The second kappa shape index (κ2) is 10.4. The number of alkyl halides is 3. The first-order valence-electron chi connectivity index (χ1n) is 11.9. The van der Waals surface area contributed by atoms with Gasteiger partial charge in [-0.25, -0.2) is 0 Å². The van der Waals surface area contributed by atoms with Gasteiger partial charge in [0.15, 0.2) is 5.60 Å². The summed E-state index contributed by atoms with van der Waals surface area (Å²) < 4.78 is 44.6. The van der Waals surface area contributed by atoms with E-state index in [0.29, 0.717) is 25.1 Å². The molecule has 2 N–H and O–H groups in total. The Morgan fingerprint density at radius 2 is 1.70 bits per heavy atom. The second-order valence-electron chi connectivity index (χ2n) is 8.94. The molecule has 1 saturated carbocycles. The largest absolute Gasteiger partial charge is 0.497 e. The van der Waals surface area contributed by atoms with Crippen molar-refractivity contribution < 1.29 is 23.0 Å². The molecule has 1 aliphatic heterocycles. The van der Waals surface area contributed by atoms with Crippen molar-refractivity contribution in [2.24, 2.45) is 5.92 Å². The summed E-state index contributed by atoms with van der Waals surface area (Å²) in [5.41, 5.74) is -1.07. The maximum absolute atomic E-state index is 13.1. The van der Waals surface area contributed by atoms with E-state index in [0.717, 1.165) is 41.5 Å². The average molecular weight is 465 g/mol. The lowest BCUT2D eigenvalue weighted by Crippen LogP contribution is -2.53. The van der Waals surface area contributed by atoms with Gasteiger partial charge in [0.2, 0.25) is 0 Å². The molecule has 1 saturated heterocycles. The van der Waals surface area contributed by atoms with Crippen molar-refractivity contribution in [3.05, 3.63) is 42.0 Å². The molecule has 182 valence electrons. The highest BCUT2D eigenvalue weighted by Crippen LogP contribution is 2.43. The number of halogens is 3. The predicted octanol–water partition coefficient (Wildman–Crippen LogP) is 6.19. The number of benzene rings is 2. The number of rotatable bonds is 4. The van der Waals surface area contributed by atoms with E-state index in [1.165, 1.54) is 0 Å². The van der Waals surface area contributed by atoms with Crippen LogP contribution in [0.15, 0.2) is 36.4 Å². The van der Waals surface area contributed by atoms with Gasteiger partial charge in [0.25, 0.3) is 0 Å². The van der Waals surface area contributed by atoms with Gasteiger partial charge in [0, 0.05) is 24.2 Å². The highest BCUT2D eigenvalue weighted by atomic mass is 19.4. The fourth-order valence-corrected chi connectivity index (χ4v) is 5.06. The molecule has 2 aromatic rings. The van der Waals surface area contributed by atoms with Crippen molar-refractivity contribution in [1.29, 1.82) is 5.41 Å². The zero-order chi connectivity index (χ0) is 24.2. The van der Waals surface area contributed by atoms with Crippen LogP contribution in [0.2, 0.25) is 0 Å². The molecule has 1 heterocycles. The van der Waals surface area contributed by atoms with Gasteiger partial charge < -0.3 is 15.3 Å². The average Bonchev–Trinajstić information content (AvgIpc) is 2.84. The lowest BCUT2D eigenvalue weighted by atomic mass is 9.79. The number of nitrogens with one attached hydrogen (secondary N) is 1. The zero-order valence-corrected chi connectivity index (χ0v) is 19.7. The first-order chi connectivity index (χ1) is 15.7. The SMILES string of the molecule is CC.COc1ccc2cc(C(=N)C3CCCN(C4CCC(O)(C(F)(F)F)CC4)C3)ccc2c1. The van der Waals surface area contributed by atoms with Gasteiger partial charge in [-0.15, -0.1) is 0 Å². The third-order valence-electron chi connectivity index (χ3n) is 7.05. The van der Waals surface area contributed by atoms with E-state index in [1.807, 2.05) is 50.2 Å². The first kappa shape index (κ1) is 25.5. The van der Waals surface area contributed by atoms with Gasteiger partial charge in [-0.3, -0.25) is 4.90 Å². The van der Waals surface area contributed by atoms with E-state index in [4.69, 9.17) is 10.1 Å². The Bertz CT molecular complexity index is 952. The van der Waals surface area contributed by atoms with Crippen LogP contribution in [0.3, 0.4) is 0 Å². The number of fused-ring (bicyclic) bond motifs is 1. The summed E-state index contributed by atoms with van der Waals surface area (Å²) >= 11 is 0. The second-order valence-corrected chi connectivity index (χ2v) is 8.94. The number of hydrogen-bond acceptors (Lipinski definition) is 4. The molecule has 1 aliphatic carbocycles. The van der Waals surface area contributed by atoms with E-state index in [1.54, 1.807) is 7.11 Å². The smallest absolute Gasteiger partial charge is 0.417 e. The third kappa shape index (κ3) is 5.52. The summed E-state index contributed by atoms with van der Waals surface area (Å²) in [6, 6.07) is 11.9. The van der Waals surface area contributed by atoms with Gasteiger partial charge in [-0.1, -0.05) is 32.0 Å².